The lowest BCUT2D eigenvalue weighted by Crippen LogP contribution is -2.27. The lowest BCUT2D eigenvalue weighted by Gasteiger charge is -2.17. The Morgan fingerprint density at radius 1 is 0.900 bits per heavy atom. The van der Waals surface area contributed by atoms with Gasteiger partial charge in [-0.15, -0.1) is 10.2 Å². The Balaban J connectivity index is 1.50. The predicted molar refractivity (Wildman–Crippen MR) is 119 cm³/mol. The van der Waals surface area contributed by atoms with Gasteiger partial charge in [0.15, 0.2) is 0 Å². The minimum atomic E-state index is -0.285. The van der Waals surface area contributed by atoms with E-state index in [0.29, 0.717) is 6.54 Å². The van der Waals surface area contributed by atoms with Gasteiger partial charge in [0.25, 0.3) is 0 Å². The van der Waals surface area contributed by atoms with Crippen LogP contribution >= 0.6 is 11.8 Å². The van der Waals surface area contributed by atoms with Crippen molar-refractivity contribution in [2.45, 2.75) is 11.6 Å². The summed E-state index contributed by atoms with van der Waals surface area (Å²) in [5, 5.41) is 11.6. The topological polar surface area (TPSA) is 46.1 Å². The van der Waals surface area contributed by atoms with Crippen LogP contribution in [0, 0.1) is 5.82 Å². The first-order chi connectivity index (χ1) is 14.6. The third-order valence-corrected chi connectivity index (χ3v) is 5.76. The Morgan fingerprint density at radius 2 is 1.57 bits per heavy atom. The normalized spacial score (nSPS) is 10.9. The smallest absolute Gasteiger partial charge is 0.233 e. The number of amides is 1. The molecule has 0 unspecified atom stereocenters. The maximum Gasteiger partial charge on any atom is 0.233 e. The number of carbonyl (C=O) groups is 1. The van der Waals surface area contributed by atoms with Crippen molar-refractivity contribution < 1.29 is 9.18 Å². The van der Waals surface area contributed by atoms with Gasteiger partial charge in [0, 0.05) is 29.9 Å². The van der Waals surface area contributed by atoms with Gasteiger partial charge in [0.1, 0.15) is 16.5 Å². The third-order valence-electron chi connectivity index (χ3n) is 4.79. The van der Waals surface area contributed by atoms with Gasteiger partial charge in [-0.3, -0.25) is 4.79 Å². The number of hydrogen-bond acceptors (Lipinski definition) is 4. The summed E-state index contributed by atoms with van der Waals surface area (Å²) in [4.78, 5) is 14.2. The van der Waals surface area contributed by atoms with E-state index in [1.54, 1.807) is 24.1 Å². The zero-order valence-electron chi connectivity index (χ0n) is 16.5. The lowest BCUT2D eigenvalue weighted by atomic mass is 10.1. The van der Waals surface area contributed by atoms with Gasteiger partial charge in [-0.05, 0) is 17.7 Å². The second-order valence-corrected chi connectivity index (χ2v) is 7.89. The Labute approximate surface area is 178 Å². The summed E-state index contributed by atoms with van der Waals surface area (Å²) in [6.07, 6.45) is 0. The Hall–Kier alpha value is -3.25. The SMILES string of the molecule is CN(Cc1ccc(F)cc1)C(=O)CSc1nnc(-c2ccccc2)c2ccccc12. The van der Waals surface area contributed by atoms with Crippen LogP contribution in [-0.2, 0) is 11.3 Å². The van der Waals surface area contributed by atoms with E-state index in [1.807, 2.05) is 54.6 Å². The predicted octanol–water partition coefficient (Wildman–Crippen LogP) is 5.19. The number of carbonyl (C=O) groups excluding carboxylic acids is 1. The summed E-state index contributed by atoms with van der Waals surface area (Å²) in [6, 6.07) is 24.1. The first-order valence-corrected chi connectivity index (χ1v) is 10.5. The highest BCUT2D eigenvalue weighted by molar-refractivity contribution is 8.00. The van der Waals surface area contributed by atoms with E-state index in [2.05, 4.69) is 10.2 Å². The van der Waals surface area contributed by atoms with Crippen LogP contribution in [0.5, 0.6) is 0 Å². The van der Waals surface area contributed by atoms with Crippen LogP contribution in [0.1, 0.15) is 5.56 Å². The largest absolute Gasteiger partial charge is 0.341 e. The Kier molecular flexibility index (Phi) is 6.05. The monoisotopic (exact) mass is 417 g/mol. The van der Waals surface area contributed by atoms with E-state index < -0.39 is 0 Å². The number of hydrogen-bond donors (Lipinski definition) is 0. The highest BCUT2D eigenvalue weighted by Crippen LogP contribution is 2.31. The van der Waals surface area contributed by atoms with Crippen LogP contribution in [0.4, 0.5) is 4.39 Å². The fourth-order valence-corrected chi connectivity index (χ4v) is 4.10. The summed E-state index contributed by atoms with van der Waals surface area (Å²) in [5.74, 6) is -0.0591. The minimum Gasteiger partial charge on any atom is -0.341 e. The average Bonchev–Trinajstić information content (AvgIpc) is 2.79. The molecule has 4 rings (SSSR count). The lowest BCUT2D eigenvalue weighted by molar-refractivity contribution is -0.127. The molecule has 0 aliphatic carbocycles. The molecule has 3 aromatic carbocycles. The molecule has 30 heavy (non-hydrogen) atoms. The molecule has 0 aliphatic rings. The van der Waals surface area contributed by atoms with Crippen molar-refractivity contribution in [2.75, 3.05) is 12.8 Å². The van der Waals surface area contributed by atoms with Crippen molar-refractivity contribution in [2.24, 2.45) is 0 Å². The summed E-state index contributed by atoms with van der Waals surface area (Å²) in [7, 11) is 1.74. The maximum absolute atomic E-state index is 13.1. The van der Waals surface area contributed by atoms with Gasteiger partial charge in [-0.2, -0.15) is 0 Å². The van der Waals surface area contributed by atoms with Crippen LogP contribution in [0.25, 0.3) is 22.0 Å². The van der Waals surface area contributed by atoms with E-state index in [9.17, 15) is 9.18 Å². The fourth-order valence-electron chi connectivity index (χ4n) is 3.19. The quantitative estimate of drug-likeness (QED) is 0.405. The van der Waals surface area contributed by atoms with Crippen LogP contribution in [0.2, 0.25) is 0 Å². The van der Waals surface area contributed by atoms with Crippen LogP contribution < -0.4 is 0 Å². The summed E-state index contributed by atoms with van der Waals surface area (Å²) in [6.45, 7) is 0.430. The molecule has 150 valence electrons. The molecule has 0 N–H and O–H groups in total. The fraction of sp³-hybridized carbons (Fsp3) is 0.125. The standard InChI is InChI=1S/C24H20FN3OS/c1-28(15-17-11-13-19(25)14-12-17)22(29)16-30-24-21-10-6-5-9-20(21)23(26-27-24)18-7-3-2-4-8-18/h2-14H,15-16H2,1H3. The summed E-state index contributed by atoms with van der Waals surface area (Å²) in [5.41, 5.74) is 2.72. The van der Waals surface area contributed by atoms with Gasteiger partial charge >= 0.3 is 0 Å². The molecule has 0 saturated heterocycles. The van der Waals surface area contributed by atoms with Gasteiger partial charge in [-0.25, -0.2) is 4.39 Å². The number of fused-ring (bicyclic) bond motifs is 1. The Morgan fingerprint density at radius 3 is 2.30 bits per heavy atom. The molecule has 1 heterocycles. The van der Waals surface area contributed by atoms with Gasteiger partial charge in [0.2, 0.25) is 5.91 Å². The molecule has 4 aromatic rings. The number of thioether (sulfide) groups is 1. The molecule has 4 nitrogen and oxygen atoms in total. The third kappa shape index (κ3) is 4.49. The zero-order chi connectivity index (χ0) is 20.9. The molecule has 0 radical (unpaired) electrons. The van der Waals surface area contributed by atoms with Crippen LogP contribution in [0.15, 0.2) is 83.9 Å². The molecule has 0 aliphatic heterocycles. The highest BCUT2D eigenvalue weighted by Gasteiger charge is 2.15. The van der Waals surface area contributed by atoms with Crippen molar-refractivity contribution in [3.05, 3.63) is 90.2 Å². The van der Waals surface area contributed by atoms with Gasteiger partial charge in [0.05, 0.1) is 5.75 Å². The molecule has 1 amide bonds. The van der Waals surface area contributed by atoms with E-state index in [4.69, 9.17) is 0 Å². The number of benzene rings is 3. The minimum absolute atomic E-state index is 0.0256. The average molecular weight is 418 g/mol. The number of halogens is 1. The second-order valence-electron chi connectivity index (χ2n) is 6.93. The van der Waals surface area contributed by atoms with E-state index in [1.165, 1.54) is 23.9 Å². The first kappa shape index (κ1) is 20.0. The molecular weight excluding hydrogens is 397 g/mol. The molecule has 6 heteroatoms. The zero-order valence-corrected chi connectivity index (χ0v) is 17.3. The van der Waals surface area contributed by atoms with E-state index in [0.717, 1.165) is 32.6 Å². The van der Waals surface area contributed by atoms with Crippen molar-refractivity contribution >= 4 is 28.4 Å². The van der Waals surface area contributed by atoms with Crippen molar-refractivity contribution in [3.8, 4) is 11.3 Å². The van der Waals surface area contributed by atoms with Crippen LogP contribution in [-0.4, -0.2) is 33.8 Å². The Bertz CT molecular complexity index is 1170. The number of nitrogens with zero attached hydrogens (tertiary/aromatic N) is 3. The van der Waals surface area contributed by atoms with Crippen molar-refractivity contribution in [1.82, 2.24) is 15.1 Å². The van der Waals surface area contributed by atoms with Crippen molar-refractivity contribution in [3.63, 3.8) is 0 Å². The maximum atomic E-state index is 13.1. The highest BCUT2D eigenvalue weighted by atomic mass is 32.2. The van der Waals surface area contributed by atoms with E-state index >= 15 is 0 Å². The molecule has 1 aromatic heterocycles. The molecule has 0 spiro atoms. The number of aromatic nitrogens is 2. The summed E-state index contributed by atoms with van der Waals surface area (Å²) >= 11 is 1.38. The molecule has 0 bridgehead atoms. The molecule has 0 atom stereocenters. The van der Waals surface area contributed by atoms with Crippen molar-refractivity contribution in [1.29, 1.82) is 0 Å². The molecule has 0 fully saturated rings. The molecule has 0 saturated carbocycles. The van der Waals surface area contributed by atoms with Gasteiger partial charge < -0.3 is 4.90 Å². The first-order valence-electron chi connectivity index (χ1n) is 9.54. The van der Waals surface area contributed by atoms with Gasteiger partial charge in [-0.1, -0.05) is 78.5 Å². The second kappa shape index (κ2) is 9.05. The number of rotatable bonds is 6. The summed E-state index contributed by atoms with van der Waals surface area (Å²) < 4.78 is 13.1. The van der Waals surface area contributed by atoms with E-state index in [-0.39, 0.29) is 17.5 Å². The molecular formula is C24H20FN3OS. The van der Waals surface area contributed by atoms with Crippen LogP contribution in [0.3, 0.4) is 0 Å².